The maximum absolute atomic E-state index is 12.3. The molecule has 26 heavy (non-hydrogen) atoms. The molecule has 0 saturated heterocycles. The average molecular weight is 350 g/mol. The molecule has 132 valence electrons. The van der Waals surface area contributed by atoms with Crippen LogP contribution >= 0.6 is 0 Å². The standard InChI is InChI=1S/C19H18N4O3/c1-11-12(2)21-17-10-14(7-8-16(17)20-11)19(25)23-22-18(24)13-5-4-6-15(9-13)26-3/h4-10H,1-3H3,(H,22,24)(H,23,25). The molecule has 0 spiro atoms. The van der Waals surface area contributed by atoms with Gasteiger partial charge in [0, 0.05) is 11.1 Å². The molecule has 0 atom stereocenters. The number of nitrogens with one attached hydrogen (secondary N) is 2. The van der Waals surface area contributed by atoms with Crippen molar-refractivity contribution in [1.29, 1.82) is 0 Å². The average Bonchev–Trinajstić information content (AvgIpc) is 2.66. The minimum absolute atomic E-state index is 0.375. The minimum Gasteiger partial charge on any atom is -0.497 e. The Morgan fingerprint density at radius 1 is 0.846 bits per heavy atom. The van der Waals surface area contributed by atoms with Crippen LogP contribution in [0.2, 0.25) is 0 Å². The third kappa shape index (κ3) is 3.61. The summed E-state index contributed by atoms with van der Waals surface area (Å²) in [5.41, 5.74) is 8.53. The SMILES string of the molecule is COc1cccc(C(=O)NNC(=O)c2ccc3nc(C)c(C)nc3c2)c1. The van der Waals surface area contributed by atoms with Gasteiger partial charge in [0.05, 0.1) is 29.5 Å². The Morgan fingerprint density at radius 3 is 2.12 bits per heavy atom. The third-order valence-corrected chi connectivity index (χ3v) is 3.96. The zero-order valence-electron chi connectivity index (χ0n) is 14.7. The van der Waals surface area contributed by atoms with Crippen molar-refractivity contribution in [3.63, 3.8) is 0 Å². The van der Waals surface area contributed by atoms with E-state index in [1.165, 1.54) is 7.11 Å². The molecule has 2 amide bonds. The quantitative estimate of drug-likeness (QED) is 0.707. The first-order valence-electron chi connectivity index (χ1n) is 7.97. The van der Waals surface area contributed by atoms with Crippen molar-refractivity contribution in [1.82, 2.24) is 20.8 Å². The first-order valence-corrected chi connectivity index (χ1v) is 7.97. The number of rotatable bonds is 3. The second-order valence-corrected chi connectivity index (χ2v) is 5.74. The summed E-state index contributed by atoms with van der Waals surface area (Å²) >= 11 is 0. The normalized spacial score (nSPS) is 10.4. The Morgan fingerprint density at radius 2 is 1.46 bits per heavy atom. The van der Waals surface area contributed by atoms with Gasteiger partial charge in [-0.15, -0.1) is 0 Å². The predicted molar refractivity (Wildman–Crippen MR) is 96.9 cm³/mol. The van der Waals surface area contributed by atoms with E-state index in [4.69, 9.17) is 4.74 Å². The van der Waals surface area contributed by atoms with E-state index in [0.717, 1.165) is 11.4 Å². The number of carbonyl (C=O) groups excluding carboxylic acids is 2. The Labute approximate surface area is 150 Å². The molecule has 7 heteroatoms. The molecule has 0 aliphatic rings. The Bertz CT molecular complexity index is 1000. The molecular formula is C19H18N4O3. The van der Waals surface area contributed by atoms with Crippen LogP contribution in [0.15, 0.2) is 42.5 Å². The predicted octanol–water partition coefficient (Wildman–Crippen LogP) is 2.33. The Balaban J connectivity index is 1.72. The van der Waals surface area contributed by atoms with Gasteiger partial charge in [0.1, 0.15) is 5.75 Å². The summed E-state index contributed by atoms with van der Waals surface area (Å²) in [6.45, 7) is 3.75. The van der Waals surface area contributed by atoms with Crippen LogP contribution < -0.4 is 15.6 Å². The number of fused-ring (bicyclic) bond motifs is 1. The number of methoxy groups -OCH3 is 1. The highest BCUT2D eigenvalue weighted by molar-refractivity contribution is 6.00. The maximum atomic E-state index is 12.3. The third-order valence-electron chi connectivity index (χ3n) is 3.96. The summed E-state index contributed by atoms with van der Waals surface area (Å²) < 4.78 is 5.08. The van der Waals surface area contributed by atoms with Crippen molar-refractivity contribution >= 4 is 22.8 Å². The summed E-state index contributed by atoms with van der Waals surface area (Å²) in [7, 11) is 1.52. The van der Waals surface area contributed by atoms with Crippen LogP contribution in [0.3, 0.4) is 0 Å². The number of hydrazine groups is 1. The molecule has 0 radical (unpaired) electrons. The van der Waals surface area contributed by atoms with Crippen LogP contribution in [0.25, 0.3) is 11.0 Å². The first-order chi connectivity index (χ1) is 12.5. The highest BCUT2D eigenvalue weighted by Gasteiger charge is 2.11. The summed E-state index contributed by atoms with van der Waals surface area (Å²) in [6, 6.07) is 11.6. The van der Waals surface area contributed by atoms with Gasteiger partial charge < -0.3 is 4.74 Å². The molecule has 0 aliphatic carbocycles. The summed E-state index contributed by atoms with van der Waals surface area (Å²) in [4.78, 5) is 33.3. The van der Waals surface area contributed by atoms with E-state index in [9.17, 15) is 9.59 Å². The number of benzene rings is 2. The molecule has 2 aromatic carbocycles. The molecule has 0 aliphatic heterocycles. The lowest BCUT2D eigenvalue weighted by Gasteiger charge is -2.09. The van der Waals surface area contributed by atoms with Crippen LogP contribution in [0, 0.1) is 13.8 Å². The molecule has 1 heterocycles. The topological polar surface area (TPSA) is 93.2 Å². The number of carbonyl (C=O) groups is 2. The zero-order valence-corrected chi connectivity index (χ0v) is 14.7. The number of ether oxygens (including phenoxy) is 1. The molecule has 0 saturated carbocycles. The Hall–Kier alpha value is -3.48. The van der Waals surface area contributed by atoms with E-state index >= 15 is 0 Å². The van der Waals surface area contributed by atoms with E-state index in [1.807, 2.05) is 13.8 Å². The van der Waals surface area contributed by atoms with Crippen LogP contribution in [-0.4, -0.2) is 28.9 Å². The van der Waals surface area contributed by atoms with Gasteiger partial charge in [-0.2, -0.15) is 0 Å². The molecule has 3 rings (SSSR count). The highest BCUT2D eigenvalue weighted by Crippen LogP contribution is 2.15. The van der Waals surface area contributed by atoms with Crippen molar-refractivity contribution in [2.75, 3.05) is 7.11 Å². The summed E-state index contributed by atoms with van der Waals surface area (Å²) in [6.07, 6.45) is 0. The van der Waals surface area contributed by atoms with Crippen LogP contribution in [-0.2, 0) is 0 Å². The van der Waals surface area contributed by atoms with Crippen molar-refractivity contribution in [3.05, 3.63) is 65.0 Å². The fourth-order valence-corrected chi connectivity index (χ4v) is 2.39. The summed E-state index contributed by atoms with van der Waals surface area (Å²) in [5.74, 6) is -0.324. The molecule has 0 unspecified atom stereocenters. The highest BCUT2D eigenvalue weighted by atomic mass is 16.5. The van der Waals surface area contributed by atoms with Gasteiger partial charge in [-0.25, -0.2) is 9.97 Å². The number of amides is 2. The summed E-state index contributed by atoms with van der Waals surface area (Å²) in [5, 5.41) is 0. The number of aromatic nitrogens is 2. The van der Waals surface area contributed by atoms with Gasteiger partial charge in [0.25, 0.3) is 11.8 Å². The van der Waals surface area contributed by atoms with Gasteiger partial charge >= 0.3 is 0 Å². The van der Waals surface area contributed by atoms with Gasteiger partial charge in [0.15, 0.2) is 0 Å². The number of aryl methyl sites for hydroxylation is 2. The molecule has 2 N–H and O–H groups in total. The molecular weight excluding hydrogens is 332 g/mol. The van der Waals surface area contributed by atoms with E-state index in [2.05, 4.69) is 20.8 Å². The monoisotopic (exact) mass is 350 g/mol. The molecule has 0 bridgehead atoms. The Kier molecular flexibility index (Phi) is 4.79. The molecule has 7 nitrogen and oxygen atoms in total. The number of hydrogen-bond acceptors (Lipinski definition) is 5. The number of nitrogens with zero attached hydrogens (tertiary/aromatic N) is 2. The van der Waals surface area contributed by atoms with E-state index in [1.54, 1.807) is 42.5 Å². The smallest absolute Gasteiger partial charge is 0.269 e. The molecule has 0 fully saturated rings. The largest absolute Gasteiger partial charge is 0.497 e. The molecule has 1 aromatic heterocycles. The fraction of sp³-hybridized carbons (Fsp3) is 0.158. The van der Waals surface area contributed by atoms with Crippen LogP contribution in [0.1, 0.15) is 32.1 Å². The lowest BCUT2D eigenvalue weighted by Crippen LogP contribution is -2.41. The van der Waals surface area contributed by atoms with Crippen molar-refractivity contribution in [2.45, 2.75) is 13.8 Å². The zero-order chi connectivity index (χ0) is 18.7. The van der Waals surface area contributed by atoms with Gasteiger partial charge in [-0.05, 0) is 50.2 Å². The van der Waals surface area contributed by atoms with E-state index in [-0.39, 0.29) is 0 Å². The van der Waals surface area contributed by atoms with Crippen LogP contribution in [0.5, 0.6) is 5.75 Å². The van der Waals surface area contributed by atoms with Crippen molar-refractivity contribution in [2.24, 2.45) is 0 Å². The fourth-order valence-electron chi connectivity index (χ4n) is 2.39. The number of hydrogen-bond donors (Lipinski definition) is 2. The molecule has 3 aromatic rings. The van der Waals surface area contributed by atoms with Crippen molar-refractivity contribution in [3.8, 4) is 5.75 Å². The minimum atomic E-state index is -0.442. The van der Waals surface area contributed by atoms with Gasteiger partial charge in [-0.1, -0.05) is 6.07 Å². The van der Waals surface area contributed by atoms with E-state index < -0.39 is 11.8 Å². The lowest BCUT2D eigenvalue weighted by atomic mass is 10.1. The van der Waals surface area contributed by atoms with E-state index in [0.29, 0.717) is 27.9 Å². The lowest BCUT2D eigenvalue weighted by molar-refractivity contribution is 0.0846. The first kappa shape index (κ1) is 17.3. The van der Waals surface area contributed by atoms with Gasteiger partial charge in [0.2, 0.25) is 0 Å². The van der Waals surface area contributed by atoms with Crippen LogP contribution in [0.4, 0.5) is 0 Å². The second-order valence-electron chi connectivity index (χ2n) is 5.74. The van der Waals surface area contributed by atoms with Gasteiger partial charge in [-0.3, -0.25) is 20.4 Å². The second kappa shape index (κ2) is 7.18. The maximum Gasteiger partial charge on any atom is 0.269 e. The van der Waals surface area contributed by atoms with Crippen molar-refractivity contribution < 1.29 is 14.3 Å².